The molecule has 0 atom stereocenters. The molecule has 100 valence electrons. The Morgan fingerprint density at radius 2 is 1.90 bits per heavy atom. The maximum atomic E-state index is 13.3. The van der Waals surface area contributed by atoms with Gasteiger partial charge in [0.1, 0.15) is 17.3 Å². The van der Waals surface area contributed by atoms with Crippen molar-refractivity contribution in [3.8, 4) is 11.5 Å². The van der Waals surface area contributed by atoms with Gasteiger partial charge in [0.05, 0.1) is 0 Å². The number of hydrogen-bond donors (Lipinski definition) is 1. The third-order valence-corrected chi connectivity index (χ3v) is 3.18. The van der Waals surface area contributed by atoms with Crippen molar-refractivity contribution in [1.82, 2.24) is 4.98 Å². The Morgan fingerprint density at radius 1 is 1.05 bits per heavy atom. The topological polar surface area (TPSA) is 48.1 Å². The number of ether oxygens (including phenoxy) is 1. The molecule has 0 spiro atoms. The van der Waals surface area contributed by atoms with Gasteiger partial charge >= 0.3 is 0 Å². The molecule has 1 aromatic heterocycles. The molecule has 3 nitrogen and oxygen atoms in total. The second-order valence-corrected chi connectivity index (χ2v) is 4.59. The van der Waals surface area contributed by atoms with E-state index in [2.05, 4.69) is 4.98 Å². The fourth-order valence-corrected chi connectivity index (χ4v) is 2.08. The fraction of sp³-hybridized carbons (Fsp3) is 0.0625. The van der Waals surface area contributed by atoms with Crippen LogP contribution in [0.4, 0.5) is 10.1 Å². The Balaban J connectivity index is 2.11. The lowest BCUT2D eigenvalue weighted by Crippen LogP contribution is -1.93. The minimum atomic E-state index is -0.330. The van der Waals surface area contributed by atoms with Crippen LogP contribution in [0.3, 0.4) is 0 Å². The van der Waals surface area contributed by atoms with E-state index in [0.29, 0.717) is 17.2 Å². The molecule has 1 heterocycles. The van der Waals surface area contributed by atoms with E-state index >= 15 is 0 Å². The van der Waals surface area contributed by atoms with Gasteiger partial charge < -0.3 is 10.5 Å². The van der Waals surface area contributed by atoms with Crippen molar-refractivity contribution < 1.29 is 9.13 Å². The molecular formula is C16H13FN2O. The number of rotatable bonds is 2. The van der Waals surface area contributed by atoms with Crippen molar-refractivity contribution >= 4 is 16.5 Å². The summed E-state index contributed by atoms with van der Waals surface area (Å²) in [4.78, 5) is 4.09. The van der Waals surface area contributed by atoms with Crippen molar-refractivity contribution in [2.75, 3.05) is 5.73 Å². The first-order valence-corrected chi connectivity index (χ1v) is 6.21. The molecule has 2 N–H and O–H groups in total. The fourth-order valence-electron chi connectivity index (χ4n) is 2.08. The Bertz CT molecular complexity index is 787. The highest BCUT2D eigenvalue weighted by Crippen LogP contribution is 2.33. The average Bonchev–Trinajstić information content (AvgIpc) is 2.46. The van der Waals surface area contributed by atoms with Gasteiger partial charge in [-0.25, -0.2) is 4.39 Å². The summed E-state index contributed by atoms with van der Waals surface area (Å²) in [7, 11) is 0. The van der Waals surface area contributed by atoms with Crippen molar-refractivity contribution in [2.24, 2.45) is 0 Å². The Labute approximate surface area is 115 Å². The maximum Gasteiger partial charge on any atom is 0.136 e. The molecule has 0 aliphatic heterocycles. The number of hydrogen-bond acceptors (Lipinski definition) is 3. The van der Waals surface area contributed by atoms with Crippen LogP contribution in [0.2, 0.25) is 0 Å². The van der Waals surface area contributed by atoms with Gasteiger partial charge in [0.2, 0.25) is 0 Å². The highest BCUT2D eigenvalue weighted by Gasteiger charge is 2.08. The quantitative estimate of drug-likeness (QED) is 0.713. The molecule has 0 saturated carbocycles. The number of fused-ring (bicyclic) bond motifs is 1. The summed E-state index contributed by atoms with van der Waals surface area (Å²) < 4.78 is 19.1. The van der Waals surface area contributed by atoms with Crippen molar-refractivity contribution in [3.63, 3.8) is 0 Å². The maximum absolute atomic E-state index is 13.3. The normalized spacial score (nSPS) is 10.7. The largest absolute Gasteiger partial charge is 0.456 e. The molecule has 0 fully saturated rings. The molecule has 0 bridgehead atoms. The summed E-state index contributed by atoms with van der Waals surface area (Å²) in [5, 5.41) is 1.67. The van der Waals surface area contributed by atoms with Crippen LogP contribution < -0.4 is 10.5 Å². The third-order valence-electron chi connectivity index (χ3n) is 3.18. The summed E-state index contributed by atoms with van der Waals surface area (Å²) in [5.74, 6) is 0.763. The van der Waals surface area contributed by atoms with E-state index in [4.69, 9.17) is 10.5 Å². The van der Waals surface area contributed by atoms with Gasteiger partial charge in [-0.2, -0.15) is 0 Å². The Morgan fingerprint density at radius 3 is 2.75 bits per heavy atom. The van der Waals surface area contributed by atoms with E-state index in [-0.39, 0.29) is 5.82 Å². The van der Waals surface area contributed by atoms with E-state index in [1.165, 1.54) is 12.1 Å². The predicted octanol–water partition coefficient (Wildman–Crippen LogP) is 4.06. The lowest BCUT2D eigenvalue weighted by molar-refractivity contribution is 0.478. The summed E-state index contributed by atoms with van der Waals surface area (Å²) in [6.07, 6.45) is 3.37. The first-order chi connectivity index (χ1) is 9.65. The lowest BCUT2D eigenvalue weighted by atomic mass is 10.1. The van der Waals surface area contributed by atoms with Crippen LogP contribution in [-0.2, 0) is 0 Å². The second-order valence-electron chi connectivity index (χ2n) is 4.59. The molecular weight excluding hydrogens is 255 g/mol. The number of benzene rings is 2. The second kappa shape index (κ2) is 4.81. The number of nitrogen functional groups attached to an aromatic ring is 1. The lowest BCUT2D eigenvalue weighted by Gasteiger charge is -2.12. The van der Waals surface area contributed by atoms with Crippen molar-refractivity contribution in [2.45, 2.75) is 6.92 Å². The van der Waals surface area contributed by atoms with E-state index in [0.717, 1.165) is 16.3 Å². The van der Waals surface area contributed by atoms with E-state index < -0.39 is 0 Å². The molecule has 0 unspecified atom stereocenters. The zero-order valence-electron chi connectivity index (χ0n) is 10.9. The minimum Gasteiger partial charge on any atom is -0.456 e. The number of pyridine rings is 1. The SMILES string of the molecule is Cc1ccc(F)cc1Oc1ccc(N)c2ccncc12. The average molecular weight is 268 g/mol. The van der Waals surface area contributed by atoms with Crippen LogP contribution in [0.1, 0.15) is 5.56 Å². The van der Waals surface area contributed by atoms with Crippen molar-refractivity contribution in [3.05, 3.63) is 60.2 Å². The van der Waals surface area contributed by atoms with Gasteiger partial charge in [0.15, 0.2) is 0 Å². The van der Waals surface area contributed by atoms with Crippen LogP contribution in [0, 0.1) is 12.7 Å². The van der Waals surface area contributed by atoms with Crippen LogP contribution >= 0.6 is 0 Å². The summed E-state index contributed by atoms with van der Waals surface area (Å²) in [6.45, 7) is 1.87. The van der Waals surface area contributed by atoms with Gasteiger partial charge in [-0.1, -0.05) is 6.07 Å². The molecule has 2 aromatic carbocycles. The molecule has 20 heavy (non-hydrogen) atoms. The molecule has 0 radical (unpaired) electrons. The predicted molar refractivity (Wildman–Crippen MR) is 77.4 cm³/mol. The smallest absolute Gasteiger partial charge is 0.136 e. The number of anilines is 1. The standard InChI is InChI=1S/C16H13FN2O/c1-10-2-3-11(17)8-16(10)20-15-5-4-14(18)12-6-7-19-9-13(12)15/h2-9H,18H2,1H3. The molecule has 0 saturated heterocycles. The van der Waals surface area contributed by atoms with Gasteiger partial charge in [-0.3, -0.25) is 4.98 Å². The van der Waals surface area contributed by atoms with E-state index in [9.17, 15) is 4.39 Å². The number of aryl methyl sites for hydroxylation is 1. The van der Waals surface area contributed by atoms with Gasteiger partial charge in [0, 0.05) is 34.9 Å². The van der Waals surface area contributed by atoms with E-state index in [1.54, 1.807) is 30.6 Å². The number of halogens is 1. The van der Waals surface area contributed by atoms with Crippen LogP contribution in [0.5, 0.6) is 11.5 Å². The van der Waals surface area contributed by atoms with Gasteiger partial charge in [-0.05, 0) is 36.8 Å². The number of nitrogens with zero attached hydrogens (tertiary/aromatic N) is 1. The molecule has 0 aliphatic carbocycles. The number of aromatic nitrogens is 1. The van der Waals surface area contributed by atoms with Gasteiger partial charge in [0.25, 0.3) is 0 Å². The molecule has 0 amide bonds. The summed E-state index contributed by atoms with van der Waals surface area (Å²) in [5.41, 5.74) is 7.45. The monoisotopic (exact) mass is 268 g/mol. The van der Waals surface area contributed by atoms with Crippen molar-refractivity contribution in [1.29, 1.82) is 0 Å². The first kappa shape index (κ1) is 12.4. The van der Waals surface area contributed by atoms with Crippen LogP contribution in [0.15, 0.2) is 48.8 Å². The highest BCUT2D eigenvalue weighted by atomic mass is 19.1. The molecule has 3 aromatic rings. The Hall–Kier alpha value is -2.62. The Kier molecular flexibility index (Phi) is 2.99. The summed E-state index contributed by atoms with van der Waals surface area (Å²) >= 11 is 0. The molecule has 0 aliphatic rings. The minimum absolute atomic E-state index is 0.330. The zero-order chi connectivity index (χ0) is 14.1. The van der Waals surface area contributed by atoms with E-state index in [1.807, 2.05) is 13.0 Å². The van der Waals surface area contributed by atoms with Gasteiger partial charge in [-0.15, -0.1) is 0 Å². The molecule has 3 rings (SSSR count). The highest BCUT2D eigenvalue weighted by molar-refractivity contribution is 5.96. The third kappa shape index (κ3) is 2.16. The van der Waals surface area contributed by atoms with Crippen LogP contribution in [-0.4, -0.2) is 4.98 Å². The van der Waals surface area contributed by atoms with Crippen LogP contribution in [0.25, 0.3) is 10.8 Å². The summed E-state index contributed by atoms with van der Waals surface area (Å²) in [6, 6.07) is 9.83. The first-order valence-electron chi connectivity index (χ1n) is 6.21. The molecule has 4 heteroatoms. The number of nitrogens with two attached hydrogens (primary N) is 1. The zero-order valence-corrected chi connectivity index (χ0v) is 10.9.